The maximum atomic E-state index is 13.8. The van der Waals surface area contributed by atoms with Crippen LogP contribution in [-0.4, -0.2) is 70.9 Å². The minimum Gasteiger partial charge on any atom is -0.373 e. The number of rotatable bonds is 7. The molecule has 0 amide bonds. The van der Waals surface area contributed by atoms with Gasteiger partial charge in [-0.3, -0.25) is 9.80 Å². The van der Waals surface area contributed by atoms with E-state index in [0.717, 1.165) is 45.6 Å². The Morgan fingerprint density at radius 2 is 2.00 bits per heavy atom. The molecule has 0 saturated carbocycles. The Hall–Kier alpha value is -1.83. The van der Waals surface area contributed by atoms with Gasteiger partial charge in [-0.05, 0) is 64.8 Å². The smallest absolute Gasteiger partial charge is 0.227 e. The fourth-order valence-electron chi connectivity index (χ4n) is 4.77. The Morgan fingerprint density at radius 1 is 1.20 bits per heavy atom. The summed E-state index contributed by atoms with van der Waals surface area (Å²) in [5.41, 5.74) is 1.27. The molecule has 3 heterocycles. The van der Waals surface area contributed by atoms with Gasteiger partial charge in [0.15, 0.2) is 0 Å². The Balaban J connectivity index is 1.26. The molecule has 2 fully saturated rings. The number of aryl methyl sites for hydroxylation is 2. The Kier molecular flexibility index (Phi) is 6.80. The average molecular weight is 417 g/mol. The molecule has 2 aliphatic heterocycles. The molecule has 4 rings (SSSR count). The van der Waals surface area contributed by atoms with Gasteiger partial charge in [0.05, 0.1) is 12.2 Å². The predicted molar refractivity (Wildman–Crippen MR) is 114 cm³/mol. The number of halogens is 1. The molecule has 1 aromatic heterocycles. The zero-order valence-electron chi connectivity index (χ0n) is 18.3. The highest BCUT2D eigenvalue weighted by molar-refractivity contribution is 5.54. The highest BCUT2D eigenvalue weighted by Gasteiger charge is 2.29. The number of hydrogen-bond donors (Lipinski definition) is 0. The molecule has 164 valence electrons. The zero-order valence-corrected chi connectivity index (χ0v) is 18.3. The SMILES string of the molecule is Cc1ccc(-c2noc(CCCN3CCCC3CN3CC(C)OC(C)C3)n2)cc1F. The van der Waals surface area contributed by atoms with Gasteiger partial charge in [0.25, 0.3) is 0 Å². The summed E-state index contributed by atoms with van der Waals surface area (Å²) in [5, 5.41) is 4.03. The first kappa shape index (κ1) is 21.4. The Morgan fingerprint density at radius 3 is 2.77 bits per heavy atom. The third-order valence-corrected chi connectivity index (χ3v) is 6.20. The molecule has 0 spiro atoms. The first-order valence-corrected chi connectivity index (χ1v) is 11.2. The van der Waals surface area contributed by atoms with Crippen LogP contribution in [-0.2, 0) is 11.2 Å². The third-order valence-electron chi connectivity index (χ3n) is 6.20. The van der Waals surface area contributed by atoms with Crippen LogP contribution < -0.4 is 0 Å². The fraction of sp³-hybridized carbons (Fsp3) is 0.652. The van der Waals surface area contributed by atoms with Gasteiger partial charge in [0.2, 0.25) is 11.7 Å². The summed E-state index contributed by atoms with van der Waals surface area (Å²) in [7, 11) is 0. The second kappa shape index (κ2) is 9.54. The monoisotopic (exact) mass is 416 g/mol. The number of benzene rings is 1. The van der Waals surface area contributed by atoms with Crippen LogP contribution in [0, 0.1) is 12.7 Å². The second-order valence-corrected chi connectivity index (χ2v) is 8.89. The van der Waals surface area contributed by atoms with Crippen LogP contribution in [0.2, 0.25) is 0 Å². The maximum Gasteiger partial charge on any atom is 0.227 e. The summed E-state index contributed by atoms with van der Waals surface area (Å²) in [6.07, 6.45) is 4.90. The minimum atomic E-state index is -0.247. The normalized spacial score (nSPS) is 25.8. The molecule has 0 bridgehead atoms. The van der Waals surface area contributed by atoms with Gasteiger partial charge in [-0.1, -0.05) is 17.3 Å². The van der Waals surface area contributed by atoms with E-state index in [4.69, 9.17) is 9.26 Å². The summed E-state index contributed by atoms with van der Waals surface area (Å²) in [6, 6.07) is 5.65. The van der Waals surface area contributed by atoms with Gasteiger partial charge in [-0.2, -0.15) is 4.98 Å². The number of likely N-dealkylation sites (tertiary alicyclic amines) is 1. The molecule has 1 aromatic carbocycles. The van der Waals surface area contributed by atoms with Crippen LogP contribution in [0.5, 0.6) is 0 Å². The van der Waals surface area contributed by atoms with Gasteiger partial charge in [-0.15, -0.1) is 0 Å². The van der Waals surface area contributed by atoms with Crippen LogP contribution >= 0.6 is 0 Å². The topological polar surface area (TPSA) is 54.6 Å². The van der Waals surface area contributed by atoms with Crippen molar-refractivity contribution in [3.63, 3.8) is 0 Å². The van der Waals surface area contributed by atoms with Gasteiger partial charge in [-0.25, -0.2) is 4.39 Å². The van der Waals surface area contributed by atoms with Crippen molar-refractivity contribution >= 4 is 0 Å². The van der Waals surface area contributed by atoms with E-state index in [1.54, 1.807) is 13.0 Å². The molecule has 7 heteroatoms. The van der Waals surface area contributed by atoms with Crippen LogP contribution in [0.1, 0.15) is 44.6 Å². The molecule has 2 aromatic rings. The summed E-state index contributed by atoms with van der Waals surface area (Å²) in [5.74, 6) is 0.832. The van der Waals surface area contributed by atoms with E-state index in [1.807, 2.05) is 6.07 Å². The van der Waals surface area contributed by atoms with Crippen molar-refractivity contribution in [3.05, 3.63) is 35.5 Å². The van der Waals surface area contributed by atoms with E-state index in [9.17, 15) is 4.39 Å². The summed E-state index contributed by atoms with van der Waals surface area (Å²) < 4.78 is 25.1. The number of aromatic nitrogens is 2. The van der Waals surface area contributed by atoms with Crippen molar-refractivity contribution in [2.24, 2.45) is 0 Å². The van der Waals surface area contributed by atoms with Gasteiger partial charge < -0.3 is 9.26 Å². The Labute approximate surface area is 178 Å². The van der Waals surface area contributed by atoms with Crippen molar-refractivity contribution in [1.82, 2.24) is 19.9 Å². The van der Waals surface area contributed by atoms with E-state index in [-0.39, 0.29) is 5.82 Å². The van der Waals surface area contributed by atoms with Crippen LogP contribution in [0.25, 0.3) is 11.4 Å². The number of hydrogen-bond acceptors (Lipinski definition) is 6. The number of nitrogens with zero attached hydrogens (tertiary/aromatic N) is 4. The Bertz CT molecular complexity index is 832. The average Bonchev–Trinajstić information content (AvgIpc) is 3.33. The van der Waals surface area contributed by atoms with Crippen molar-refractivity contribution in [2.75, 3.05) is 32.7 Å². The van der Waals surface area contributed by atoms with E-state index in [0.29, 0.717) is 41.1 Å². The summed E-state index contributed by atoms with van der Waals surface area (Å²) in [6.45, 7) is 11.5. The van der Waals surface area contributed by atoms with Gasteiger partial charge in [0, 0.05) is 37.7 Å². The summed E-state index contributed by atoms with van der Waals surface area (Å²) >= 11 is 0. The van der Waals surface area contributed by atoms with Crippen molar-refractivity contribution < 1.29 is 13.7 Å². The molecular weight excluding hydrogens is 383 g/mol. The third kappa shape index (κ3) is 5.25. The van der Waals surface area contributed by atoms with Gasteiger partial charge >= 0.3 is 0 Å². The van der Waals surface area contributed by atoms with E-state index >= 15 is 0 Å². The molecule has 0 radical (unpaired) electrons. The zero-order chi connectivity index (χ0) is 21.1. The fourth-order valence-corrected chi connectivity index (χ4v) is 4.77. The van der Waals surface area contributed by atoms with Crippen LogP contribution in [0.15, 0.2) is 22.7 Å². The van der Waals surface area contributed by atoms with Crippen molar-refractivity contribution in [3.8, 4) is 11.4 Å². The lowest BCUT2D eigenvalue weighted by Crippen LogP contribution is -2.50. The predicted octanol–water partition coefficient (Wildman–Crippen LogP) is 3.69. The molecule has 0 N–H and O–H groups in total. The van der Waals surface area contributed by atoms with Crippen molar-refractivity contribution in [2.45, 2.75) is 64.7 Å². The lowest BCUT2D eigenvalue weighted by Gasteiger charge is -2.38. The first-order valence-electron chi connectivity index (χ1n) is 11.2. The highest BCUT2D eigenvalue weighted by atomic mass is 19.1. The van der Waals surface area contributed by atoms with Crippen molar-refractivity contribution in [1.29, 1.82) is 0 Å². The molecular formula is C23H33FN4O2. The summed E-state index contributed by atoms with van der Waals surface area (Å²) in [4.78, 5) is 9.63. The van der Waals surface area contributed by atoms with Crippen LogP contribution in [0.3, 0.4) is 0 Å². The van der Waals surface area contributed by atoms with Crippen LogP contribution in [0.4, 0.5) is 4.39 Å². The molecule has 30 heavy (non-hydrogen) atoms. The van der Waals surface area contributed by atoms with E-state index in [2.05, 4.69) is 33.8 Å². The number of morpholine rings is 1. The largest absolute Gasteiger partial charge is 0.373 e. The molecule has 2 saturated heterocycles. The minimum absolute atomic E-state index is 0.247. The second-order valence-electron chi connectivity index (χ2n) is 8.89. The number of ether oxygens (including phenoxy) is 1. The maximum absolute atomic E-state index is 13.8. The highest BCUT2D eigenvalue weighted by Crippen LogP contribution is 2.22. The van der Waals surface area contributed by atoms with E-state index in [1.165, 1.54) is 18.9 Å². The lowest BCUT2D eigenvalue weighted by molar-refractivity contribution is -0.0722. The molecule has 2 aliphatic rings. The first-order chi connectivity index (χ1) is 14.5. The molecule has 0 aliphatic carbocycles. The quantitative estimate of drug-likeness (QED) is 0.686. The van der Waals surface area contributed by atoms with Gasteiger partial charge in [0.1, 0.15) is 5.82 Å². The molecule has 6 nitrogen and oxygen atoms in total. The molecule has 3 atom stereocenters. The van der Waals surface area contributed by atoms with E-state index < -0.39 is 0 Å². The molecule has 3 unspecified atom stereocenters. The standard InChI is InChI=1S/C23H33FN4O2/c1-16-8-9-19(12-21(16)24)23-25-22(30-26-23)7-5-11-28-10-4-6-20(28)15-27-13-17(2)29-18(3)14-27/h8-9,12,17-18,20H,4-7,10-11,13-15H2,1-3H3. The lowest BCUT2D eigenvalue weighted by atomic mass is 10.1.